The van der Waals surface area contributed by atoms with Crippen molar-refractivity contribution < 1.29 is 0 Å². The molecular formula is C26H21N3. The topological polar surface area (TPSA) is 50.8 Å². The molecule has 0 spiro atoms. The maximum absolute atomic E-state index is 9.30. The lowest BCUT2D eigenvalue weighted by molar-refractivity contribution is 0.641. The van der Waals surface area contributed by atoms with Gasteiger partial charge in [-0.3, -0.25) is 0 Å². The second-order valence-corrected chi connectivity index (χ2v) is 7.77. The van der Waals surface area contributed by atoms with Gasteiger partial charge in [0.15, 0.2) is 0 Å². The summed E-state index contributed by atoms with van der Waals surface area (Å²) in [5.41, 5.74) is 3.84. The summed E-state index contributed by atoms with van der Waals surface area (Å²) in [5, 5.41) is 22.3. The number of benzene rings is 3. The van der Waals surface area contributed by atoms with E-state index in [0.29, 0.717) is 5.22 Å². The molecule has 0 fully saturated rings. The van der Waals surface area contributed by atoms with E-state index in [1.807, 2.05) is 48.5 Å². The summed E-state index contributed by atoms with van der Waals surface area (Å²) < 4.78 is 0. The molecule has 1 aliphatic rings. The summed E-state index contributed by atoms with van der Waals surface area (Å²) in [6, 6.07) is 24.3. The van der Waals surface area contributed by atoms with Gasteiger partial charge in [0, 0.05) is 29.1 Å². The predicted molar refractivity (Wildman–Crippen MR) is 118 cm³/mol. The highest BCUT2D eigenvalue weighted by atomic mass is 15.2. The summed E-state index contributed by atoms with van der Waals surface area (Å²) in [5.74, 6) is 0. The van der Waals surface area contributed by atoms with E-state index >= 15 is 0 Å². The van der Waals surface area contributed by atoms with E-state index in [0.717, 1.165) is 16.0 Å². The molecule has 3 aromatic rings. The Kier molecular flexibility index (Phi) is 4.45. The van der Waals surface area contributed by atoms with E-state index in [4.69, 9.17) is 0 Å². The Bertz CT molecular complexity index is 1350. The van der Waals surface area contributed by atoms with Gasteiger partial charge in [0.25, 0.3) is 0 Å². The zero-order valence-electron chi connectivity index (χ0n) is 16.8. The summed E-state index contributed by atoms with van der Waals surface area (Å²) in [4.78, 5) is 2.25. The lowest BCUT2D eigenvalue weighted by Crippen LogP contribution is -2.23. The number of anilines is 1. The number of para-hydroxylation sites is 1. The van der Waals surface area contributed by atoms with Crippen LogP contribution in [0.1, 0.15) is 19.4 Å². The molecule has 0 aliphatic carbocycles. The van der Waals surface area contributed by atoms with E-state index in [-0.39, 0.29) is 11.0 Å². The van der Waals surface area contributed by atoms with Crippen LogP contribution in [0.25, 0.3) is 22.4 Å². The Labute approximate surface area is 170 Å². The first-order valence-electron chi connectivity index (χ1n) is 9.57. The number of nitriles is 2. The number of hydrogen-bond acceptors (Lipinski definition) is 3. The summed E-state index contributed by atoms with van der Waals surface area (Å²) >= 11 is 0. The highest BCUT2D eigenvalue weighted by Crippen LogP contribution is 2.46. The molecule has 0 atom stereocenters. The molecular weight excluding hydrogens is 354 g/mol. The first kappa shape index (κ1) is 18.5. The van der Waals surface area contributed by atoms with Crippen molar-refractivity contribution in [3.8, 4) is 12.1 Å². The van der Waals surface area contributed by atoms with Crippen LogP contribution in [0.4, 0.5) is 5.69 Å². The molecule has 3 heteroatoms. The quantitative estimate of drug-likeness (QED) is 0.643. The molecule has 0 unspecified atom stereocenters. The molecule has 0 radical (unpaired) electrons. The lowest BCUT2D eigenvalue weighted by Gasteiger charge is -2.23. The molecule has 1 aliphatic heterocycles. The normalized spacial score (nSPS) is 16.5. The van der Waals surface area contributed by atoms with E-state index in [9.17, 15) is 10.5 Å². The van der Waals surface area contributed by atoms with Crippen molar-refractivity contribution in [2.24, 2.45) is 0 Å². The molecule has 3 aromatic carbocycles. The van der Waals surface area contributed by atoms with Gasteiger partial charge in [0.05, 0.1) is 0 Å². The molecule has 4 rings (SSSR count). The van der Waals surface area contributed by atoms with Gasteiger partial charge in [-0.15, -0.1) is 0 Å². The fourth-order valence-electron chi connectivity index (χ4n) is 4.30. The first-order chi connectivity index (χ1) is 14.0. The molecule has 0 saturated carbocycles. The number of rotatable bonds is 1. The van der Waals surface area contributed by atoms with Crippen molar-refractivity contribution in [1.82, 2.24) is 0 Å². The van der Waals surface area contributed by atoms with Crippen molar-refractivity contribution in [2.75, 3.05) is 11.9 Å². The van der Waals surface area contributed by atoms with Crippen molar-refractivity contribution >= 4 is 28.1 Å². The second kappa shape index (κ2) is 6.97. The van der Waals surface area contributed by atoms with Crippen LogP contribution in [-0.2, 0) is 5.41 Å². The van der Waals surface area contributed by atoms with Crippen molar-refractivity contribution in [3.63, 3.8) is 0 Å². The van der Waals surface area contributed by atoms with E-state index < -0.39 is 0 Å². The molecule has 0 amide bonds. The molecule has 3 nitrogen and oxygen atoms in total. The molecule has 1 heterocycles. The first-order valence-corrected chi connectivity index (χ1v) is 9.57. The van der Waals surface area contributed by atoms with Crippen molar-refractivity contribution in [2.45, 2.75) is 19.3 Å². The summed E-state index contributed by atoms with van der Waals surface area (Å²) in [6.07, 6.45) is 4.31. The van der Waals surface area contributed by atoms with Crippen LogP contribution >= 0.6 is 0 Å². The smallest absolute Gasteiger partial charge is 0.137 e. The van der Waals surface area contributed by atoms with E-state index in [2.05, 4.69) is 62.2 Å². The average molecular weight is 375 g/mol. The van der Waals surface area contributed by atoms with Gasteiger partial charge in [0.1, 0.15) is 17.7 Å². The van der Waals surface area contributed by atoms with Crippen LogP contribution in [0.5, 0.6) is 0 Å². The van der Waals surface area contributed by atoms with Crippen molar-refractivity contribution in [1.29, 1.82) is 10.5 Å². The Hall–Kier alpha value is -3.82. The number of likely N-dealkylation sites (N-methyl/N-ethyl adjacent to an activating group) is 1. The maximum atomic E-state index is 9.30. The zero-order valence-corrected chi connectivity index (χ0v) is 16.8. The summed E-state index contributed by atoms with van der Waals surface area (Å²) in [6.45, 7) is 4.49. The highest BCUT2D eigenvalue weighted by Gasteiger charge is 2.37. The molecule has 140 valence electrons. The second-order valence-electron chi connectivity index (χ2n) is 7.77. The fourth-order valence-corrected chi connectivity index (χ4v) is 4.30. The minimum atomic E-state index is -0.0832. The highest BCUT2D eigenvalue weighted by molar-refractivity contribution is 5.89. The molecule has 0 aromatic heterocycles. The van der Waals surface area contributed by atoms with Crippen molar-refractivity contribution in [3.05, 3.63) is 88.4 Å². The Morgan fingerprint density at radius 3 is 2.21 bits per heavy atom. The average Bonchev–Trinajstić information content (AvgIpc) is 2.94. The van der Waals surface area contributed by atoms with Crippen LogP contribution in [-0.4, -0.2) is 7.05 Å². The third-order valence-corrected chi connectivity index (χ3v) is 5.81. The summed E-state index contributed by atoms with van der Waals surface area (Å²) in [7, 11) is 2.11. The van der Waals surface area contributed by atoms with E-state index in [1.54, 1.807) is 0 Å². The minimum absolute atomic E-state index is 0.0832. The van der Waals surface area contributed by atoms with Gasteiger partial charge in [-0.25, -0.2) is 0 Å². The largest absolute Gasteiger partial charge is 0.347 e. The number of allylic oxidation sites excluding steroid dienone is 2. The van der Waals surface area contributed by atoms with Crippen LogP contribution in [0.2, 0.25) is 0 Å². The van der Waals surface area contributed by atoms with Gasteiger partial charge < -0.3 is 4.90 Å². The number of hydrogen-bond donors (Lipinski definition) is 0. The Morgan fingerprint density at radius 1 is 0.862 bits per heavy atom. The van der Waals surface area contributed by atoms with Crippen LogP contribution in [0.3, 0.4) is 0 Å². The predicted octanol–water partition coefficient (Wildman–Crippen LogP) is 4.13. The zero-order chi connectivity index (χ0) is 20.6. The molecule has 0 saturated heterocycles. The molecule has 0 N–H and O–H groups in total. The van der Waals surface area contributed by atoms with Gasteiger partial charge in [-0.2, -0.15) is 10.5 Å². The van der Waals surface area contributed by atoms with Crippen LogP contribution < -0.4 is 15.3 Å². The molecule has 29 heavy (non-hydrogen) atoms. The standard InChI is InChI=1S/C26H21N3/c1-26(2)23-10-6-7-11-24(23)29(3)25(26)15-13-18-12-14-21(19(16-27)17-28)22-9-5-4-8-20(18)22/h4-15H,1-3H3/b18-13+,25-15-. The number of fused-ring (bicyclic) bond motifs is 2. The van der Waals surface area contributed by atoms with Gasteiger partial charge in [-0.1, -0.05) is 74.5 Å². The Morgan fingerprint density at radius 2 is 1.52 bits per heavy atom. The Balaban J connectivity index is 1.95. The SMILES string of the molecule is CN1/C(=C\C=c2/ccc(=C(C#N)C#N)c3ccccc23)C(C)(C)c2ccccc21. The third-order valence-electron chi connectivity index (χ3n) is 5.81. The monoisotopic (exact) mass is 375 g/mol. The van der Waals surface area contributed by atoms with Gasteiger partial charge >= 0.3 is 0 Å². The number of nitrogens with zero attached hydrogens (tertiary/aromatic N) is 3. The molecule has 0 bridgehead atoms. The minimum Gasteiger partial charge on any atom is -0.347 e. The van der Waals surface area contributed by atoms with Gasteiger partial charge in [-0.05, 0) is 33.7 Å². The lowest BCUT2D eigenvalue weighted by atomic mass is 9.83. The maximum Gasteiger partial charge on any atom is 0.137 e. The van der Waals surface area contributed by atoms with E-state index in [1.165, 1.54) is 16.9 Å². The fraction of sp³-hybridized carbons (Fsp3) is 0.154. The van der Waals surface area contributed by atoms with Gasteiger partial charge in [0.2, 0.25) is 0 Å². The van der Waals surface area contributed by atoms with Crippen LogP contribution in [0.15, 0.2) is 72.4 Å². The third kappa shape index (κ3) is 2.89. The van der Waals surface area contributed by atoms with Crippen LogP contribution in [0, 0.1) is 22.7 Å².